The molecule has 12 heteroatoms. The van der Waals surface area contributed by atoms with Crippen LogP contribution in [-0.4, -0.2) is 68.3 Å². The number of carboxylic acid groups (broad SMARTS) is 2. The molecule has 0 bridgehead atoms. The Morgan fingerprint density at radius 3 is 0.676 bits per heavy atom. The number of ketones is 2. The van der Waals surface area contributed by atoms with Gasteiger partial charge in [0.2, 0.25) is 0 Å². The molecule has 0 aliphatic heterocycles. The first-order valence-electron chi connectivity index (χ1n) is 10.4. The molecule has 0 saturated heterocycles. The van der Waals surface area contributed by atoms with Gasteiger partial charge in [-0.1, -0.05) is 13.8 Å². The Hall–Kier alpha value is -0.451. The van der Waals surface area contributed by atoms with Crippen molar-refractivity contribution in [1.29, 1.82) is 0 Å². The second kappa shape index (κ2) is 42.7. The minimum atomic E-state index is -1.29. The summed E-state index contributed by atoms with van der Waals surface area (Å²) in [6.45, 7) is 17.0. The van der Waals surface area contributed by atoms with E-state index in [0.29, 0.717) is 0 Å². The first-order valence-corrected chi connectivity index (χ1v) is 10.4. The van der Waals surface area contributed by atoms with Gasteiger partial charge in [0.05, 0.1) is 0 Å². The molecule has 0 spiro atoms. The van der Waals surface area contributed by atoms with Crippen LogP contribution in [0.1, 0.15) is 94.9 Å². The van der Waals surface area contributed by atoms with E-state index < -0.39 is 24.8 Å². The summed E-state index contributed by atoms with van der Waals surface area (Å²) in [5, 5.41) is 51.5. The minimum Gasteiger partial charge on any atom is -0.550 e. The third-order valence-electron chi connectivity index (χ3n) is 1.47. The summed E-state index contributed by atoms with van der Waals surface area (Å²) in [6.07, 6.45) is -1.02. The number of rotatable bonds is 6. The van der Waals surface area contributed by atoms with Gasteiger partial charge in [-0.05, 0) is 55.4 Å². The molecule has 200 valence electrons. The molecule has 34 heavy (non-hydrogen) atoms. The molecule has 0 fully saturated rings. The van der Waals surface area contributed by atoms with Crippen molar-refractivity contribution < 1.29 is 93.3 Å². The molecular formula is C22H46O10Ti2+2. The summed E-state index contributed by atoms with van der Waals surface area (Å²) in [5.74, 6) is -3.16. The fourth-order valence-electron chi connectivity index (χ4n) is 0.572. The first kappa shape index (κ1) is 54.5. The molecule has 0 amide bonds. The standard InChI is InChI=1S/2C5H8O3.4C3H8O.2Ti/c2*1-2-4(6)3-5(7)8;4*1-3(2)4;;/h2*2-3H2,1H3,(H,7,8);4*3-4H,1-2H3;;/q;;;;;;2*+2/p-2. The van der Waals surface area contributed by atoms with Crippen LogP contribution in [0.4, 0.5) is 0 Å². The van der Waals surface area contributed by atoms with Gasteiger partial charge < -0.3 is 40.2 Å². The van der Waals surface area contributed by atoms with E-state index in [1.165, 1.54) is 0 Å². The number of hydrogen-bond acceptors (Lipinski definition) is 10. The Kier molecular flexibility index (Phi) is 68.4. The van der Waals surface area contributed by atoms with Crippen molar-refractivity contribution in [2.45, 2.75) is 119 Å². The van der Waals surface area contributed by atoms with Gasteiger partial charge in [-0.25, -0.2) is 0 Å². The maximum Gasteiger partial charge on any atom is 2.00 e. The smallest absolute Gasteiger partial charge is 0.550 e. The number of carboxylic acids is 2. The summed E-state index contributed by atoms with van der Waals surface area (Å²) < 4.78 is 0. The van der Waals surface area contributed by atoms with Crippen molar-refractivity contribution in [3.05, 3.63) is 0 Å². The molecule has 0 aromatic carbocycles. The third-order valence-corrected chi connectivity index (χ3v) is 1.47. The predicted molar refractivity (Wildman–Crippen MR) is 119 cm³/mol. The second-order valence-corrected chi connectivity index (χ2v) is 7.26. The van der Waals surface area contributed by atoms with Gasteiger partial charge in [-0.3, -0.25) is 9.59 Å². The van der Waals surface area contributed by atoms with Crippen LogP contribution >= 0.6 is 0 Å². The SMILES string of the molecule is CC(C)O.CC(C)O.CC(C)O.CC(C)O.CCC(=O)CC(=O)[O-].CCC(=O)CC(=O)[O-].[Ti+2].[Ti+2]. The van der Waals surface area contributed by atoms with Crippen LogP contribution in [0.5, 0.6) is 0 Å². The summed E-state index contributed by atoms with van der Waals surface area (Å²) >= 11 is 0. The van der Waals surface area contributed by atoms with Crippen LogP contribution in [0.25, 0.3) is 0 Å². The van der Waals surface area contributed by atoms with Gasteiger partial charge in [0.15, 0.2) is 0 Å². The number of hydrogen-bond donors (Lipinski definition) is 4. The van der Waals surface area contributed by atoms with Gasteiger partial charge >= 0.3 is 43.4 Å². The Bertz CT molecular complexity index is 378. The average molecular weight is 566 g/mol. The van der Waals surface area contributed by atoms with E-state index in [-0.39, 0.29) is 92.3 Å². The zero-order valence-corrected chi connectivity index (χ0v) is 25.5. The fraction of sp³-hybridized carbons (Fsp3) is 0.818. The quantitative estimate of drug-likeness (QED) is 0.246. The molecule has 0 unspecified atom stereocenters. The summed E-state index contributed by atoms with van der Waals surface area (Å²) in [6, 6.07) is 0. The number of Topliss-reactive ketones (excluding diaryl/α,β-unsaturated/α-hetero) is 2. The normalized spacial score (nSPS) is 8.29. The van der Waals surface area contributed by atoms with E-state index in [1.54, 1.807) is 69.2 Å². The molecular weight excluding hydrogens is 520 g/mol. The molecule has 0 aromatic rings. The fourth-order valence-corrected chi connectivity index (χ4v) is 0.572. The van der Waals surface area contributed by atoms with Crippen molar-refractivity contribution in [2.24, 2.45) is 0 Å². The largest absolute Gasteiger partial charge is 2.00 e. The molecule has 10 nitrogen and oxygen atoms in total. The van der Waals surface area contributed by atoms with Gasteiger partial charge in [0.25, 0.3) is 0 Å². The molecule has 0 aromatic heterocycles. The Labute approximate surface area is 235 Å². The molecule has 0 aliphatic carbocycles. The van der Waals surface area contributed by atoms with Crippen molar-refractivity contribution in [3.63, 3.8) is 0 Å². The Balaban J connectivity index is -0.0000000407. The topological polar surface area (TPSA) is 195 Å². The molecule has 0 aliphatic rings. The molecule has 0 saturated carbocycles. The maximum atomic E-state index is 10.2. The Morgan fingerprint density at radius 1 is 0.529 bits per heavy atom. The minimum absolute atomic E-state index is 0. The molecule has 0 rings (SSSR count). The van der Waals surface area contributed by atoms with Crippen LogP contribution in [0.2, 0.25) is 0 Å². The summed E-state index contributed by atoms with van der Waals surface area (Å²) in [4.78, 5) is 39.7. The van der Waals surface area contributed by atoms with Crippen LogP contribution in [0, 0.1) is 0 Å². The van der Waals surface area contributed by atoms with E-state index in [2.05, 4.69) is 0 Å². The van der Waals surface area contributed by atoms with Crippen LogP contribution in [0.3, 0.4) is 0 Å². The van der Waals surface area contributed by atoms with Crippen LogP contribution in [-0.2, 0) is 62.6 Å². The van der Waals surface area contributed by atoms with Gasteiger partial charge in [0, 0.05) is 62.0 Å². The van der Waals surface area contributed by atoms with E-state index in [1.807, 2.05) is 0 Å². The van der Waals surface area contributed by atoms with E-state index in [0.717, 1.165) is 0 Å². The van der Waals surface area contributed by atoms with Crippen molar-refractivity contribution in [2.75, 3.05) is 0 Å². The first-order chi connectivity index (χ1) is 14.3. The van der Waals surface area contributed by atoms with Gasteiger partial charge in [-0.15, -0.1) is 0 Å². The van der Waals surface area contributed by atoms with E-state index >= 15 is 0 Å². The summed E-state index contributed by atoms with van der Waals surface area (Å²) in [7, 11) is 0. The zero-order valence-electron chi connectivity index (χ0n) is 22.4. The number of carbonyl (C=O) groups is 4. The summed E-state index contributed by atoms with van der Waals surface area (Å²) in [5.41, 5.74) is 0. The third kappa shape index (κ3) is 221. The Morgan fingerprint density at radius 2 is 0.647 bits per heavy atom. The second-order valence-electron chi connectivity index (χ2n) is 7.26. The number of carbonyl (C=O) groups excluding carboxylic acids is 4. The van der Waals surface area contributed by atoms with Crippen LogP contribution < -0.4 is 10.2 Å². The maximum absolute atomic E-state index is 10.2. The van der Waals surface area contributed by atoms with Crippen molar-refractivity contribution in [3.8, 4) is 0 Å². The molecule has 0 heterocycles. The number of aliphatic hydroxyl groups is 4. The van der Waals surface area contributed by atoms with Gasteiger partial charge in [-0.2, -0.15) is 0 Å². The zero-order chi connectivity index (χ0) is 27.4. The van der Waals surface area contributed by atoms with E-state index in [4.69, 9.17) is 20.4 Å². The molecule has 4 N–H and O–H groups in total. The van der Waals surface area contributed by atoms with Crippen molar-refractivity contribution >= 4 is 23.5 Å². The average Bonchev–Trinajstić information content (AvgIpc) is 2.51. The van der Waals surface area contributed by atoms with Crippen LogP contribution in [0.15, 0.2) is 0 Å². The number of aliphatic hydroxyl groups excluding tert-OH is 4. The molecule has 0 atom stereocenters. The van der Waals surface area contributed by atoms with Crippen molar-refractivity contribution in [1.82, 2.24) is 0 Å². The predicted octanol–water partition coefficient (Wildman–Crippen LogP) is -0.246. The molecule has 0 radical (unpaired) electrons. The van der Waals surface area contributed by atoms with Gasteiger partial charge in [0.1, 0.15) is 11.6 Å². The number of aliphatic carboxylic acids is 2. The monoisotopic (exact) mass is 566 g/mol. The van der Waals surface area contributed by atoms with E-state index in [9.17, 15) is 29.4 Å².